The van der Waals surface area contributed by atoms with Crippen molar-refractivity contribution in [2.24, 2.45) is 0 Å². The van der Waals surface area contributed by atoms with E-state index in [0.29, 0.717) is 5.75 Å². The summed E-state index contributed by atoms with van der Waals surface area (Å²) in [6.07, 6.45) is -0.0780. The molecular weight excluding hydrogens is 278 g/mol. The number of nitrogens with one attached hydrogen (secondary N) is 1. The summed E-state index contributed by atoms with van der Waals surface area (Å²) in [5, 5.41) is 2.55. The first-order chi connectivity index (χ1) is 10.0. The van der Waals surface area contributed by atoms with Crippen LogP contribution < -0.4 is 10.1 Å². The smallest absolute Gasteiger partial charge is 0.340 e. The third-order valence-corrected chi connectivity index (χ3v) is 2.69. The lowest BCUT2D eigenvalue weighted by molar-refractivity contribution is -0.141. The van der Waals surface area contributed by atoms with Crippen molar-refractivity contribution in [2.75, 3.05) is 26.6 Å². The summed E-state index contributed by atoms with van der Waals surface area (Å²) in [4.78, 5) is 34.4. The summed E-state index contributed by atoms with van der Waals surface area (Å²) in [5.74, 6) is -1.02. The summed E-state index contributed by atoms with van der Waals surface area (Å²) in [6, 6.07) is 4.59. The van der Waals surface area contributed by atoms with Crippen molar-refractivity contribution in [3.63, 3.8) is 0 Å². The van der Waals surface area contributed by atoms with Gasteiger partial charge in [0.2, 0.25) is 5.91 Å². The van der Waals surface area contributed by atoms with Crippen LogP contribution in [0.25, 0.3) is 0 Å². The van der Waals surface area contributed by atoms with E-state index in [1.807, 2.05) is 0 Å². The highest BCUT2D eigenvalue weighted by molar-refractivity contribution is 6.02. The van der Waals surface area contributed by atoms with E-state index in [9.17, 15) is 14.4 Å². The molecule has 1 N–H and O–H groups in total. The minimum atomic E-state index is -0.600. The van der Waals surface area contributed by atoms with E-state index in [-0.39, 0.29) is 24.1 Å². The molecule has 0 aliphatic rings. The molecule has 7 nitrogen and oxygen atoms in total. The Morgan fingerprint density at radius 2 is 1.76 bits per heavy atom. The van der Waals surface area contributed by atoms with Gasteiger partial charge in [0.25, 0.3) is 0 Å². The van der Waals surface area contributed by atoms with E-state index in [4.69, 9.17) is 4.74 Å². The standard InChI is InChI=1S/C14H17NO6/c1-19-9-4-5-11(10(8-9)14(18)21-3)15-12(16)6-7-13(17)20-2/h4-5,8H,6-7H2,1-3H3,(H,15,16). The van der Waals surface area contributed by atoms with Crippen LogP contribution in [0.15, 0.2) is 18.2 Å². The van der Waals surface area contributed by atoms with Gasteiger partial charge in [0, 0.05) is 6.42 Å². The number of hydrogen-bond donors (Lipinski definition) is 1. The molecule has 7 heteroatoms. The van der Waals surface area contributed by atoms with Gasteiger partial charge in [-0.1, -0.05) is 0 Å². The van der Waals surface area contributed by atoms with Crippen molar-refractivity contribution in [2.45, 2.75) is 12.8 Å². The molecule has 1 rings (SSSR count). The Bertz CT molecular complexity index is 540. The lowest BCUT2D eigenvalue weighted by Gasteiger charge is -2.11. The van der Waals surface area contributed by atoms with E-state index < -0.39 is 17.8 Å². The van der Waals surface area contributed by atoms with Crippen molar-refractivity contribution in [3.8, 4) is 5.75 Å². The van der Waals surface area contributed by atoms with Gasteiger partial charge in [0.1, 0.15) is 5.75 Å². The Morgan fingerprint density at radius 1 is 1.05 bits per heavy atom. The molecular formula is C14H17NO6. The van der Waals surface area contributed by atoms with Gasteiger partial charge in [-0.15, -0.1) is 0 Å². The topological polar surface area (TPSA) is 90.9 Å². The van der Waals surface area contributed by atoms with Crippen molar-refractivity contribution >= 4 is 23.5 Å². The predicted octanol–water partition coefficient (Wildman–Crippen LogP) is 1.37. The highest BCUT2D eigenvalue weighted by atomic mass is 16.5. The van der Waals surface area contributed by atoms with Crippen LogP contribution in [0.4, 0.5) is 5.69 Å². The molecule has 1 aromatic carbocycles. The molecule has 114 valence electrons. The number of benzene rings is 1. The Hall–Kier alpha value is -2.57. The van der Waals surface area contributed by atoms with Gasteiger partial charge in [-0.25, -0.2) is 4.79 Å². The third kappa shape index (κ3) is 4.79. The first-order valence-electron chi connectivity index (χ1n) is 6.14. The highest BCUT2D eigenvalue weighted by Gasteiger charge is 2.16. The van der Waals surface area contributed by atoms with Crippen LogP contribution in [0.3, 0.4) is 0 Å². The second-order valence-electron chi connectivity index (χ2n) is 4.03. The number of amides is 1. The van der Waals surface area contributed by atoms with Crippen LogP contribution in [-0.2, 0) is 19.1 Å². The second-order valence-corrected chi connectivity index (χ2v) is 4.03. The molecule has 0 aliphatic heterocycles. The lowest BCUT2D eigenvalue weighted by atomic mass is 10.1. The van der Waals surface area contributed by atoms with Gasteiger partial charge >= 0.3 is 11.9 Å². The third-order valence-electron chi connectivity index (χ3n) is 2.69. The van der Waals surface area contributed by atoms with Gasteiger partial charge < -0.3 is 19.5 Å². The zero-order chi connectivity index (χ0) is 15.8. The molecule has 21 heavy (non-hydrogen) atoms. The molecule has 0 saturated heterocycles. The molecule has 0 bridgehead atoms. The summed E-state index contributed by atoms with van der Waals surface area (Å²) in [6.45, 7) is 0. The molecule has 0 fully saturated rings. The SMILES string of the molecule is COC(=O)CCC(=O)Nc1ccc(OC)cc1C(=O)OC. The summed E-state index contributed by atoms with van der Waals surface area (Å²) >= 11 is 0. The Kier molecular flexibility index (Phi) is 6.19. The maximum Gasteiger partial charge on any atom is 0.340 e. The van der Waals surface area contributed by atoms with Crippen molar-refractivity contribution in [3.05, 3.63) is 23.8 Å². The van der Waals surface area contributed by atoms with Gasteiger partial charge in [-0.2, -0.15) is 0 Å². The number of esters is 2. The first-order valence-corrected chi connectivity index (χ1v) is 6.14. The highest BCUT2D eigenvalue weighted by Crippen LogP contribution is 2.23. The number of hydrogen-bond acceptors (Lipinski definition) is 6. The molecule has 0 atom stereocenters. The van der Waals surface area contributed by atoms with E-state index >= 15 is 0 Å². The lowest BCUT2D eigenvalue weighted by Crippen LogP contribution is -2.16. The van der Waals surface area contributed by atoms with Crippen LogP contribution in [0.2, 0.25) is 0 Å². The zero-order valence-corrected chi connectivity index (χ0v) is 12.1. The normalized spacial score (nSPS) is 9.67. The van der Waals surface area contributed by atoms with Crippen LogP contribution >= 0.6 is 0 Å². The van der Waals surface area contributed by atoms with E-state index in [1.165, 1.54) is 33.5 Å². The molecule has 0 radical (unpaired) electrons. The minimum absolute atomic E-state index is 0.0357. The Labute approximate surface area is 122 Å². The average molecular weight is 295 g/mol. The molecule has 0 aliphatic carbocycles. The summed E-state index contributed by atoms with van der Waals surface area (Å²) in [5.41, 5.74) is 0.459. The maximum atomic E-state index is 11.7. The monoisotopic (exact) mass is 295 g/mol. The number of ether oxygens (including phenoxy) is 3. The van der Waals surface area contributed by atoms with E-state index in [2.05, 4.69) is 14.8 Å². The summed E-state index contributed by atoms with van der Waals surface area (Å²) < 4.78 is 14.1. The van der Waals surface area contributed by atoms with Gasteiger partial charge in [0.05, 0.1) is 39.0 Å². The van der Waals surface area contributed by atoms with Crippen LogP contribution in [0.1, 0.15) is 23.2 Å². The molecule has 0 saturated carbocycles. The molecule has 1 aromatic rings. The molecule has 1 amide bonds. The maximum absolute atomic E-state index is 11.7. The van der Waals surface area contributed by atoms with Gasteiger partial charge in [0.15, 0.2) is 0 Å². The molecule has 0 unspecified atom stereocenters. The predicted molar refractivity (Wildman–Crippen MR) is 74.2 cm³/mol. The van der Waals surface area contributed by atoms with Gasteiger partial charge in [-0.05, 0) is 18.2 Å². The zero-order valence-electron chi connectivity index (χ0n) is 12.1. The first kappa shape index (κ1) is 16.5. The number of carbonyl (C=O) groups is 3. The van der Waals surface area contributed by atoms with E-state index in [0.717, 1.165) is 0 Å². The van der Waals surface area contributed by atoms with Gasteiger partial charge in [-0.3, -0.25) is 9.59 Å². The number of anilines is 1. The van der Waals surface area contributed by atoms with Crippen LogP contribution in [0.5, 0.6) is 5.75 Å². The molecule has 0 spiro atoms. The number of methoxy groups -OCH3 is 3. The molecule has 0 aromatic heterocycles. The Balaban J connectivity index is 2.84. The van der Waals surface area contributed by atoms with Crippen molar-refractivity contribution in [1.29, 1.82) is 0 Å². The fraction of sp³-hybridized carbons (Fsp3) is 0.357. The second kappa shape index (κ2) is 7.88. The molecule has 0 heterocycles. The van der Waals surface area contributed by atoms with Crippen molar-refractivity contribution < 1.29 is 28.6 Å². The summed E-state index contributed by atoms with van der Waals surface area (Å²) in [7, 11) is 3.95. The van der Waals surface area contributed by atoms with Crippen molar-refractivity contribution in [1.82, 2.24) is 0 Å². The largest absolute Gasteiger partial charge is 0.497 e. The van der Waals surface area contributed by atoms with E-state index in [1.54, 1.807) is 6.07 Å². The fourth-order valence-corrected chi connectivity index (χ4v) is 1.57. The van der Waals surface area contributed by atoms with Crippen LogP contribution in [0, 0.1) is 0 Å². The average Bonchev–Trinajstić information content (AvgIpc) is 2.52. The minimum Gasteiger partial charge on any atom is -0.497 e. The fourth-order valence-electron chi connectivity index (χ4n) is 1.57. The quantitative estimate of drug-likeness (QED) is 0.797. The van der Waals surface area contributed by atoms with Crippen LogP contribution in [-0.4, -0.2) is 39.2 Å². The Morgan fingerprint density at radius 3 is 2.33 bits per heavy atom. The number of carbonyl (C=O) groups excluding carboxylic acids is 3. The number of rotatable bonds is 6.